The Hall–Kier alpha value is -0.650. The lowest BCUT2D eigenvalue weighted by Gasteiger charge is -2.20. The summed E-state index contributed by atoms with van der Waals surface area (Å²) in [6.07, 6.45) is 17.8. The van der Waals surface area contributed by atoms with Crippen molar-refractivity contribution in [1.82, 2.24) is 10.2 Å². The molecule has 0 heterocycles. The van der Waals surface area contributed by atoms with Gasteiger partial charge in [-0.2, -0.15) is 0 Å². The molecule has 168 valence electrons. The smallest absolute Gasteiger partial charge is 0.221 e. The highest BCUT2D eigenvalue weighted by atomic mass is 16.3. The van der Waals surface area contributed by atoms with Gasteiger partial charge < -0.3 is 20.4 Å². The molecule has 0 aromatic carbocycles. The van der Waals surface area contributed by atoms with E-state index in [1.807, 2.05) is 0 Å². The summed E-state index contributed by atoms with van der Waals surface area (Å²) >= 11 is 0. The molecule has 1 amide bonds. The summed E-state index contributed by atoms with van der Waals surface area (Å²) in [5, 5.41) is 21.0. The Bertz CT molecular complexity index is 327. The first kappa shape index (κ1) is 27.4. The first-order valence-electron chi connectivity index (χ1n) is 11.9. The van der Waals surface area contributed by atoms with E-state index in [2.05, 4.69) is 17.1 Å². The zero-order chi connectivity index (χ0) is 20.7. The maximum atomic E-state index is 12.0. The minimum absolute atomic E-state index is 0.116. The number of aliphatic hydroxyl groups is 2. The number of carbonyl (C=O) groups excluding carboxylic acids is 1. The van der Waals surface area contributed by atoms with Crippen LogP contribution in [0.1, 0.15) is 103 Å². The van der Waals surface area contributed by atoms with Crippen LogP contribution in [-0.2, 0) is 4.79 Å². The fourth-order valence-corrected chi connectivity index (χ4v) is 3.47. The van der Waals surface area contributed by atoms with Gasteiger partial charge in [-0.1, -0.05) is 71.1 Å². The lowest BCUT2D eigenvalue weighted by atomic mass is 10.1. The molecular formula is C23H48N2O3. The molecule has 0 saturated carbocycles. The Kier molecular flexibility index (Phi) is 22.1. The second-order valence-corrected chi connectivity index (χ2v) is 7.99. The van der Waals surface area contributed by atoms with Gasteiger partial charge in [-0.05, 0) is 32.2 Å². The number of amides is 1. The number of hydrogen-bond acceptors (Lipinski definition) is 4. The second kappa shape index (κ2) is 22.6. The molecule has 0 aliphatic carbocycles. The number of aliphatic hydroxyl groups excluding tert-OH is 2. The molecule has 0 fully saturated rings. The van der Waals surface area contributed by atoms with Crippen molar-refractivity contribution in [3.63, 3.8) is 0 Å². The van der Waals surface area contributed by atoms with Crippen LogP contribution >= 0.6 is 0 Å². The van der Waals surface area contributed by atoms with Crippen molar-refractivity contribution in [2.24, 2.45) is 0 Å². The van der Waals surface area contributed by atoms with Gasteiger partial charge in [-0.25, -0.2) is 0 Å². The van der Waals surface area contributed by atoms with Crippen LogP contribution in [0.3, 0.4) is 0 Å². The number of nitrogens with zero attached hydrogens (tertiary/aromatic N) is 1. The van der Waals surface area contributed by atoms with E-state index in [1.54, 1.807) is 0 Å². The first-order valence-corrected chi connectivity index (χ1v) is 11.9. The Morgan fingerprint density at radius 1 is 0.679 bits per heavy atom. The highest BCUT2D eigenvalue weighted by Gasteiger charge is 2.07. The average molecular weight is 401 g/mol. The van der Waals surface area contributed by atoms with E-state index in [9.17, 15) is 4.79 Å². The van der Waals surface area contributed by atoms with Crippen molar-refractivity contribution in [2.75, 3.05) is 39.4 Å². The SMILES string of the molecule is CCCCCCCCCCCCCNC(=O)CCN(CCO)CCCCCO. The predicted octanol–water partition coefficient (Wildman–Crippen LogP) is 4.26. The van der Waals surface area contributed by atoms with Crippen molar-refractivity contribution < 1.29 is 15.0 Å². The third-order valence-electron chi connectivity index (χ3n) is 5.31. The Labute approximate surface area is 174 Å². The molecule has 0 bridgehead atoms. The minimum Gasteiger partial charge on any atom is -0.396 e. The van der Waals surface area contributed by atoms with E-state index in [0.29, 0.717) is 19.5 Å². The summed E-state index contributed by atoms with van der Waals surface area (Å²) in [6, 6.07) is 0. The predicted molar refractivity (Wildman–Crippen MR) is 119 cm³/mol. The van der Waals surface area contributed by atoms with Crippen LogP contribution in [0.15, 0.2) is 0 Å². The molecule has 28 heavy (non-hydrogen) atoms. The summed E-state index contributed by atoms with van der Waals surface area (Å²) in [4.78, 5) is 14.1. The summed E-state index contributed by atoms with van der Waals surface area (Å²) < 4.78 is 0. The van der Waals surface area contributed by atoms with Crippen LogP contribution in [0.4, 0.5) is 0 Å². The molecule has 3 N–H and O–H groups in total. The van der Waals surface area contributed by atoms with E-state index in [-0.39, 0.29) is 19.1 Å². The van der Waals surface area contributed by atoms with E-state index < -0.39 is 0 Å². The summed E-state index contributed by atoms with van der Waals surface area (Å²) in [5.74, 6) is 0.116. The Morgan fingerprint density at radius 2 is 1.25 bits per heavy atom. The Morgan fingerprint density at radius 3 is 1.82 bits per heavy atom. The van der Waals surface area contributed by atoms with Gasteiger partial charge in [-0.15, -0.1) is 0 Å². The van der Waals surface area contributed by atoms with Gasteiger partial charge in [-0.3, -0.25) is 4.79 Å². The normalized spacial score (nSPS) is 11.3. The van der Waals surface area contributed by atoms with Crippen LogP contribution in [0, 0.1) is 0 Å². The fraction of sp³-hybridized carbons (Fsp3) is 0.957. The number of nitrogens with one attached hydrogen (secondary N) is 1. The number of unbranched alkanes of at least 4 members (excludes halogenated alkanes) is 12. The molecule has 0 saturated heterocycles. The lowest BCUT2D eigenvalue weighted by Crippen LogP contribution is -2.33. The van der Waals surface area contributed by atoms with Crippen molar-refractivity contribution in [3.05, 3.63) is 0 Å². The molecule has 5 nitrogen and oxygen atoms in total. The van der Waals surface area contributed by atoms with Crippen LogP contribution in [0.25, 0.3) is 0 Å². The van der Waals surface area contributed by atoms with E-state index in [0.717, 1.165) is 38.8 Å². The molecule has 0 aromatic rings. The molecule has 0 rings (SSSR count). The Balaban J connectivity index is 3.47. The maximum absolute atomic E-state index is 12.0. The van der Waals surface area contributed by atoms with Gasteiger partial charge in [0, 0.05) is 32.7 Å². The number of rotatable bonds is 22. The highest BCUT2D eigenvalue weighted by molar-refractivity contribution is 5.75. The average Bonchev–Trinajstić information content (AvgIpc) is 2.70. The van der Waals surface area contributed by atoms with Crippen molar-refractivity contribution in [3.8, 4) is 0 Å². The second-order valence-electron chi connectivity index (χ2n) is 7.99. The highest BCUT2D eigenvalue weighted by Crippen LogP contribution is 2.11. The van der Waals surface area contributed by atoms with Gasteiger partial charge in [0.1, 0.15) is 0 Å². The summed E-state index contributed by atoms with van der Waals surface area (Å²) in [5.41, 5.74) is 0. The molecule has 0 aliphatic heterocycles. The van der Waals surface area contributed by atoms with Crippen LogP contribution in [0.2, 0.25) is 0 Å². The molecule has 0 atom stereocenters. The molecule has 5 heteroatoms. The first-order chi connectivity index (χ1) is 13.7. The van der Waals surface area contributed by atoms with Gasteiger partial charge >= 0.3 is 0 Å². The lowest BCUT2D eigenvalue weighted by molar-refractivity contribution is -0.121. The molecule has 0 aromatic heterocycles. The third-order valence-corrected chi connectivity index (χ3v) is 5.31. The van der Waals surface area contributed by atoms with E-state index >= 15 is 0 Å². The zero-order valence-electron chi connectivity index (χ0n) is 18.6. The van der Waals surface area contributed by atoms with Crippen molar-refractivity contribution in [2.45, 2.75) is 103 Å². The van der Waals surface area contributed by atoms with Gasteiger partial charge in [0.15, 0.2) is 0 Å². The summed E-state index contributed by atoms with van der Waals surface area (Å²) in [6.45, 7) is 5.60. The molecule has 0 aliphatic rings. The van der Waals surface area contributed by atoms with Crippen LogP contribution in [-0.4, -0.2) is 60.4 Å². The van der Waals surface area contributed by atoms with Crippen LogP contribution < -0.4 is 5.32 Å². The largest absolute Gasteiger partial charge is 0.396 e. The summed E-state index contributed by atoms with van der Waals surface area (Å²) in [7, 11) is 0. The van der Waals surface area contributed by atoms with E-state index in [4.69, 9.17) is 10.2 Å². The van der Waals surface area contributed by atoms with Crippen molar-refractivity contribution in [1.29, 1.82) is 0 Å². The van der Waals surface area contributed by atoms with Gasteiger partial charge in [0.25, 0.3) is 0 Å². The van der Waals surface area contributed by atoms with Gasteiger partial charge in [0.05, 0.1) is 6.61 Å². The quantitative estimate of drug-likeness (QED) is 0.237. The van der Waals surface area contributed by atoms with Crippen molar-refractivity contribution >= 4 is 5.91 Å². The standard InChI is InChI=1S/C23H48N2O3/c1-2-3-4-5-6-7-8-9-10-11-13-17-24-23(28)16-19-25(20-22-27)18-14-12-15-21-26/h26-27H,2-22H2,1H3,(H,24,28). The molecule has 0 spiro atoms. The minimum atomic E-state index is 0.116. The fourth-order valence-electron chi connectivity index (χ4n) is 3.47. The number of hydrogen-bond donors (Lipinski definition) is 3. The topological polar surface area (TPSA) is 72.8 Å². The van der Waals surface area contributed by atoms with Crippen LogP contribution in [0.5, 0.6) is 0 Å². The van der Waals surface area contributed by atoms with Gasteiger partial charge in [0.2, 0.25) is 5.91 Å². The number of carbonyl (C=O) groups is 1. The molecule has 0 radical (unpaired) electrons. The van der Waals surface area contributed by atoms with E-state index in [1.165, 1.54) is 64.2 Å². The zero-order valence-corrected chi connectivity index (χ0v) is 18.6. The monoisotopic (exact) mass is 400 g/mol. The molecule has 0 unspecified atom stereocenters. The maximum Gasteiger partial charge on any atom is 0.221 e. The molecular weight excluding hydrogens is 352 g/mol. The third kappa shape index (κ3) is 20.1.